The number of nitro groups is 1. The molecule has 1 heterocycles. The maximum Gasteiger partial charge on any atom is 0.287 e. The summed E-state index contributed by atoms with van der Waals surface area (Å²) in [7, 11) is 0. The maximum absolute atomic E-state index is 10.6. The fraction of sp³-hybridized carbons (Fsp3) is 0.154. The minimum Gasteiger partial charge on any atom is -0.363 e. The summed E-state index contributed by atoms with van der Waals surface area (Å²) in [5.41, 5.74) is 0.781. The Balaban J connectivity index is 2.17. The van der Waals surface area contributed by atoms with Gasteiger partial charge in [-0.05, 0) is 24.6 Å². The van der Waals surface area contributed by atoms with Crippen LogP contribution in [0, 0.1) is 10.1 Å². The highest BCUT2D eigenvalue weighted by Gasteiger charge is 2.13. The first-order valence-corrected chi connectivity index (χ1v) is 6.55. The minimum atomic E-state index is -0.492. The van der Waals surface area contributed by atoms with E-state index in [4.69, 9.17) is 23.2 Å². The third kappa shape index (κ3) is 3.18. The first kappa shape index (κ1) is 14.6. The van der Waals surface area contributed by atoms with E-state index in [1.165, 1.54) is 12.3 Å². The van der Waals surface area contributed by atoms with E-state index >= 15 is 0 Å². The van der Waals surface area contributed by atoms with Gasteiger partial charge in [0.1, 0.15) is 12.0 Å². The second-order valence-corrected chi connectivity index (χ2v) is 4.95. The molecule has 5 nitrogen and oxygen atoms in total. The molecule has 0 radical (unpaired) electrons. The van der Waals surface area contributed by atoms with Crippen LogP contribution in [0.4, 0.5) is 11.5 Å². The van der Waals surface area contributed by atoms with E-state index in [9.17, 15) is 10.1 Å². The van der Waals surface area contributed by atoms with Crippen LogP contribution in [-0.4, -0.2) is 9.91 Å². The highest BCUT2D eigenvalue weighted by Crippen LogP contribution is 2.31. The van der Waals surface area contributed by atoms with Crippen molar-refractivity contribution in [3.05, 3.63) is 62.3 Å². The van der Waals surface area contributed by atoms with Gasteiger partial charge in [0.05, 0.1) is 21.0 Å². The molecule has 0 saturated carbocycles. The molecule has 0 spiro atoms. The molecule has 0 aliphatic rings. The van der Waals surface area contributed by atoms with Gasteiger partial charge in [0, 0.05) is 6.07 Å². The number of hydrogen-bond donors (Lipinski definition) is 1. The quantitative estimate of drug-likeness (QED) is 0.668. The first-order chi connectivity index (χ1) is 9.49. The fourth-order valence-electron chi connectivity index (χ4n) is 1.73. The summed E-state index contributed by atoms with van der Waals surface area (Å²) in [5.74, 6) is 0.527. The van der Waals surface area contributed by atoms with Crippen LogP contribution in [0.25, 0.3) is 0 Å². The summed E-state index contributed by atoms with van der Waals surface area (Å²) in [6.07, 6.45) is 1.20. The van der Waals surface area contributed by atoms with Crippen LogP contribution >= 0.6 is 23.2 Å². The lowest BCUT2D eigenvalue weighted by Crippen LogP contribution is -2.08. The van der Waals surface area contributed by atoms with Gasteiger partial charge in [-0.2, -0.15) is 0 Å². The second kappa shape index (κ2) is 6.07. The average Bonchev–Trinajstić information content (AvgIpc) is 2.42. The summed E-state index contributed by atoms with van der Waals surface area (Å²) in [4.78, 5) is 14.0. The van der Waals surface area contributed by atoms with E-state index in [2.05, 4.69) is 10.3 Å². The molecule has 2 rings (SSSR count). The molecule has 0 aliphatic carbocycles. The highest BCUT2D eigenvalue weighted by atomic mass is 35.5. The monoisotopic (exact) mass is 311 g/mol. The normalized spacial score (nSPS) is 11.9. The molecule has 0 saturated heterocycles. The van der Waals surface area contributed by atoms with Crippen molar-refractivity contribution in [2.24, 2.45) is 0 Å². The van der Waals surface area contributed by atoms with Gasteiger partial charge in [-0.3, -0.25) is 10.1 Å². The van der Waals surface area contributed by atoms with Gasteiger partial charge in [-0.1, -0.05) is 35.3 Å². The Morgan fingerprint density at radius 1 is 1.30 bits per heavy atom. The van der Waals surface area contributed by atoms with E-state index in [0.29, 0.717) is 15.9 Å². The van der Waals surface area contributed by atoms with Crippen molar-refractivity contribution in [1.29, 1.82) is 0 Å². The molecule has 20 heavy (non-hydrogen) atoms. The Labute approximate surface area is 125 Å². The molecular formula is C13H11Cl2N3O2. The van der Waals surface area contributed by atoms with Crippen LogP contribution in [0.1, 0.15) is 18.5 Å². The van der Waals surface area contributed by atoms with Gasteiger partial charge in [0.25, 0.3) is 5.69 Å². The molecule has 104 valence electrons. The van der Waals surface area contributed by atoms with Crippen molar-refractivity contribution in [2.45, 2.75) is 13.0 Å². The van der Waals surface area contributed by atoms with Gasteiger partial charge < -0.3 is 5.32 Å². The first-order valence-electron chi connectivity index (χ1n) is 5.80. The van der Waals surface area contributed by atoms with Gasteiger partial charge >= 0.3 is 0 Å². The summed E-state index contributed by atoms with van der Waals surface area (Å²) in [6.45, 7) is 1.90. The van der Waals surface area contributed by atoms with Gasteiger partial charge in [0.15, 0.2) is 0 Å². The van der Waals surface area contributed by atoms with Crippen LogP contribution in [0.5, 0.6) is 0 Å². The molecule has 0 aliphatic heterocycles. The van der Waals surface area contributed by atoms with Crippen molar-refractivity contribution >= 4 is 34.7 Å². The molecule has 1 atom stereocenters. The lowest BCUT2D eigenvalue weighted by Gasteiger charge is -2.16. The zero-order valence-corrected chi connectivity index (χ0v) is 12.0. The fourth-order valence-corrected chi connectivity index (χ4v) is 2.21. The Hall–Kier alpha value is -1.85. The number of benzene rings is 1. The summed E-state index contributed by atoms with van der Waals surface area (Å²) in [6, 6.07) is 8.19. The molecule has 0 bridgehead atoms. The van der Waals surface area contributed by atoms with E-state index in [0.717, 1.165) is 5.56 Å². The molecule has 0 fully saturated rings. The molecule has 1 aromatic heterocycles. The zero-order valence-electron chi connectivity index (χ0n) is 10.5. The third-order valence-corrected chi connectivity index (χ3v) is 3.60. The van der Waals surface area contributed by atoms with E-state index in [1.807, 2.05) is 19.1 Å². The van der Waals surface area contributed by atoms with Crippen molar-refractivity contribution in [2.75, 3.05) is 5.32 Å². The number of hydrogen-bond acceptors (Lipinski definition) is 4. The van der Waals surface area contributed by atoms with Crippen molar-refractivity contribution in [3.8, 4) is 0 Å². The van der Waals surface area contributed by atoms with E-state index in [-0.39, 0.29) is 11.7 Å². The third-order valence-electron chi connectivity index (χ3n) is 2.77. The average molecular weight is 312 g/mol. The zero-order chi connectivity index (χ0) is 14.7. The van der Waals surface area contributed by atoms with Crippen molar-refractivity contribution in [1.82, 2.24) is 4.98 Å². The van der Waals surface area contributed by atoms with E-state index < -0.39 is 4.92 Å². The standard InChI is InChI=1S/C13H11Cl2N3O2/c1-8(10-3-2-4-11(14)13(10)15)17-12-6-5-9(7-16-12)18(19)20/h2-8H,1H3,(H,16,17). The second-order valence-electron chi connectivity index (χ2n) is 4.17. The Morgan fingerprint density at radius 2 is 2.05 bits per heavy atom. The van der Waals surface area contributed by atoms with E-state index in [1.54, 1.807) is 12.1 Å². The Kier molecular flexibility index (Phi) is 4.42. The molecule has 7 heteroatoms. The number of nitrogens with one attached hydrogen (secondary N) is 1. The largest absolute Gasteiger partial charge is 0.363 e. The molecule has 1 N–H and O–H groups in total. The predicted octanol–water partition coefficient (Wildman–Crippen LogP) is 4.47. The molecular weight excluding hydrogens is 301 g/mol. The van der Waals surface area contributed by atoms with Crippen LogP contribution in [-0.2, 0) is 0 Å². The minimum absolute atomic E-state index is 0.0519. The highest BCUT2D eigenvalue weighted by molar-refractivity contribution is 6.42. The van der Waals surface area contributed by atoms with Gasteiger partial charge in [0.2, 0.25) is 0 Å². The summed E-state index contributed by atoms with van der Waals surface area (Å²) < 4.78 is 0. The van der Waals surface area contributed by atoms with Crippen molar-refractivity contribution in [3.63, 3.8) is 0 Å². The lowest BCUT2D eigenvalue weighted by atomic mass is 10.1. The predicted molar refractivity (Wildman–Crippen MR) is 79.4 cm³/mol. The van der Waals surface area contributed by atoms with Crippen molar-refractivity contribution < 1.29 is 4.92 Å². The Morgan fingerprint density at radius 3 is 2.65 bits per heavy atom. The molecule has 1 aromatic carbocycles. The topological polar surface area (TPSA) is 68.1 Å². The molecule has 1 unspecified atom stereocenters. The summed E-state index contributed by atoms with van der Waals surface area (Å²) in [5, 5.41) is 14.6. The van der Waals surface area contributed by atoms with Gasteiger partial charge in [-0.25, -0.2) is 4.98 Å². The van der Waals surface area contributed by atoms with Crippen LogP contribution in [0.3, 0.4) is 0 Å². The SMILES string of the molecule is CC(Nc1ccc([N+](=O)[O-])cn1)c1cccc(Cl)c1Cl. The number of rotatable bonds is 4. The molecule has 2 aromatic rings. The number of aromatic nitrogens is 1. The maximum atomic E-state index is 10.6. The van der Waals surface area contributed by atoms with Crippen LogP contribution in [0.15, 0.2) is 36.5 Å². The number of halogens is 2. The number of nitrogens with zero attached hydrogens (tertiary/aromatic N) is 2. The molecule has 0 amide bonds. The lowest BCUT2D eigenvalue weighted by molar-refractivity contribution is -0.385. The summed E-state index contributed by atoms with van der Waals surface area (Å²) >= 11 is 12.1. The van der Waals surface area contributed by atoms with Gasteiger partial charge in [-0.15, -0.1) is 0 Å². The number of anilines is 1. The Bertz CT molecular complexity index is 632. The number of pyridine rings is 1. The van der Waals surface area contributed by atoms with Crippen LogP contribution < -0.4 is 5.32 Å². The smallest absolute Gasteiger partial charge is 0.287 e. The van der Waals surface area contributed by atoms with Crippen LogP contribution in [0.2, 0.25) is 10.0 Å².